The van der Waals surface area contributed by atoms with Crippen LogP contribution in [-0.2, 0) is 14.4 Å². The fourth-order valence-electron chi connectivity index (χ4n) is 5.03. The first-order valence-electron chi connectivity index (χ1n) is 10.3. The number of hydroxylamine groups is 1. The second-order valence-corrected chi connectivity index (χ2v) is 8.44. The van der Waals surface area contributed by atoms with Gasteiger partial charge in [-0.05, 0) is 50.5 Å². The van der Waals surface area contributed by atoms with Crippen LogP contribution in [0.4, 0.5) is 8.78 Å². The largest absolute Gasteiger partial charge is 0.396 e. The number of carbonyl (C=O) groups excluding carboxylic acids is 1. The highest BCUT2D eigenvalue weighted by atomic mass is 19.3. The molecule has 1 saturated carbocycles. The second-order valence-electron chi connectivity index (χ2n) is 8.44. The third kappa shape index (κ3) is 4.31. The van der Waals surface area contributed by atoms with Crippen molar-refractivity contribution < 1.29 is 28.3 Å². The first-order valence-corrected chi connectivity index (χ1v) is 10.3. The van der Waals surface area contributed by atoms with E-state index in [1.165, 1.54) is 0 Å². The minimum Gasteiger partial charge on any atom is -0.396 e. The highest BCUT2D eigenvalue weighted by Gasteiger charge is 2.46. The van der Waals surface area contributed by atoms with Crippen LogP contribution in [0.1, 0.15) is 32.1 Å². The average molecular weight is 404 g/mol. The number of nitrogens with one attached hydrogen (secondary N) is 4. The van der Waals surface area contributed by atoms with Gasteiger partial charge in [0.1, 0.15) is 0 Å². The van der Waals surface area contributed by atoms with Crippen LogP contribution in [0, 0.1) is 17.8 Å². The number of alkyl halides is 2. The van der Waals surface area contributed by atoms with E-state index in [4.69, 9.17) is 9.57 Å². The number of hydrogen-bond acceptors (Lipinski definition) is 7. The van der Waals surface area contributed by atoms with Gasteiger partial charge in [-0.2, -0.15) is 5.48 Å². The molecule has 3 saturated heterocycles. The minimum atomic E-state index is -2.57. The summed E-state index contributed by atoms with van der Waals surface area (Å²) in [5, 5.41) is 18.5. The summed E-state index contributed by atoms with van der Waals surface area (Å²) in [4.78, 5) is 17.6. The maximum absolute atomic E-state index is 12.8. The van der Waals surface area contributed by atoms with Crippen molar-refractivity contribution in [2.24, 2.45) is 17.8 Å². The van der Waals surface area contributed by atoms with Crippen molar-refractivity contribution >= 4 is 5.91 Å². The smallest absolute Gasteiger partial charge is 0.279 e. The Bertz CT molecular complexity index is 558. The van der Waals surface area contributed by atoms with E-state index in [-0.39, 0.29) is 54.6 Å². The van der Waals surface area contributed by atoms with E-state index in [2.05, 4.69) is 21.4 Å². The van der Waals surface area contributed by atoms with E-state index >= 15 is 0 Å². The normalized spacial score (nSPS) is 43.9. The molecule has 4 fully saturated rings. The Hall–Kier alpha value is -0.910. The molecule has 0 bridgehead atoms. The zero-order valence-electron chi connectivity index (χ0n) is 15.8. The molecule has 7 unspecified atom stereocenters. The predicted octanol–water partition coefficient (Wildman–Crippen LogP) is -0.311. The lowest BCUT2D eigenvalue weighted by atomic mass is 9.76. The molecule has 4 rings (SSSR count). The molecule has 3 aliphatic heterocycles. The maximum Gasteiger partial charge on any atom is 0.279 e. The fourth-order valence-corrected chi connectivity index (χ4v) is 5.03. The number of ether oxygens (including phenoxy) is 1. The average Bonchev–Trinajstić information content (AvgIpc) is 3.35. The number of halogens is 2. The number of aliphatic hydroxyl groups excluding tert-OH is 1. The number of hydrogen-bond donors (Lipinski definition) is 5. The summed E-state index contributed by atoms with van der Waals surface area (Å²) in [6.07, 6.45) is -0.127. The molecule has 1 amide bonds. The van der Waals surface area contributed by atoms with Crippen molar-refractivity contribution in [3.8, 4) is 0 Å². The Kier molecular flexibility index (Phi) is 6.43. The third-order valence-electron chi connectivity index (χ3n) is 6.67. The molecule has 28 heavy (non-hydrogen) atoms. The van der Waals surface area contributed by atoms with Crippen LogP contribution in [0.2, 0.25) is 0 Å². The van der Waals surface area contributed by atoms with Crippen LogP contribution < -0.4 is 21.4 Å². The van der Waals surface area contributed by atoms with E-state index in [1.54, 1.807) is 0 Å². The van der Waals surface area contributed by atoms with Crippen molar-refractivity contribution in [3.05, 3.63) is 0 Å². The summed E-state index contributed by atoms with van der Waals surface area (Å²) in [6, 6.07) is -0.291. The quantitative estimate of drug-likeness (QED) is 0.428. The van der Waals surface area contributed by atoms with Crippen molar-refractivity contribution in [2.75, 3.05) is 19.8 Å². The number of aliphatic hydroxyl groups is 1. The lowest BCUT2D eigenvalue weighted by Gasteiger charge is -2.36. The third-order valence-corrected chi connectivity index (χ3v) is 6.67. The van der Waals surface area contributed by atoms with Crippen molar-refractivity contribution in [1.29, 1.82) is 0 Å². The highest BCUT2D eigenvalue weighted by Crippen LogP contribution is 2.39. The van der Waals surface area contributed by atoms with Gasteiger partial charge in [-0.1, -0.05) is 0 Å². The van der Waals surface area contributed by atoms with E-state index < -0.39 is 12.7 Å². The molecule has 160 valence electrons. The highest BCUT2D eigenvalue weighted by molar-refractivity contribution is 5.82. The van der Waals surface area contributed by atoms with E-state index in [9.17, 15) is 18.7 Å². The molecule has 0 spiro atoms. The zero-order chi connectivity index (χ0) is 19.7. The first-order chi connectivity index (χ1) is 13.5. The Labute approximate surface area is 163 Å². The molecule has 10 heteroatoms. The molecule has 1 aliphatic carbocycles. The monoisotopic (exact) mass is 404 g/mol. The summed E-state index contributed by atoms with van der Waals surface area (Å²) in [6.45, 7) is 1.33. The summed E-state index contributed by atoms with van der Waals surface area (Å²) in [5.74, 6) is 0.531. The summed E-state index contributed by atoms with van der Waals surface area (Å²) < 4.78 is 31.5. The van der Waals surface area contributed by atoms with Gasteiger partial charge in [0.15, 0.2) is 6.23 Å². The number of fused-ring (bicyclic) bond motifs is 1. The second kappa shape index (κ2) is 8.85. The molecule has 4 aliphatic rings. The van der Waals surface area contributed by atoms with E-state index in [0.717, 1.165) is 32.2 Å². The van der Waals surface area contributed by atoms with Gasteiger partial charge < -0.3 is 20.5 Å². The molecule has 0 radical (unpaired) electrons. The SMILES string of the molecule is O=C(N[C@@H]1COC2CC(C3NOC(C(F)F)N3)CCC21)C1CC(CO)CCN1. The Balaban J connectivity index is 1.27. The number of rotatable bonds is 5. The first kappa shape index (κ1) is 20.4. The summed E-state index contributed by atoms with van der Waals surface area (Å²) in [5.41, 5.74) is 2.69. The van der Waals surface area contributed by atoms with Crippen molar-refractivity contribution in [2.45, 2.75) is 69.1 Å². The fraction of sp³-hybridized carbons (Fsp3) is 0.944. The minimum absolute atomic E-state index is 0.0164. The van der Waals surface area contributed by atoms with Gasteiger partial charge in [-0.25, -0.2) is 8.78 Å². The van der Waals surface area contributed by atoms with Crippen LogP contribution in [0.3, 0.4) is 0 Å². The van der Waals surface area contributed by atoms with Crippen LogP contribution >= 0.6 is 0 Å². The maximum atomic E-state index is 12.8. The zero-order valence-corrected chi connectivity index (χ0v) is 15.8. The number of amides is 1. The van der Waals surface area contributed by atoms with E-state index in [0.29, 0.717) is 13.0 Å². The molecule has 0 aromatic rings. The van der Waals surface area contributed by atoms with E-state index in [1.807, 2.05) is 0 Å². The summed E-state index contributed by atoms with van der Waals surface area (Å²) >= 11 is 0. The topological polar surface area (TPSA) is 104 Å². The number of carbonyl (C=O) groups is 1. The van der Waals surface area contributed by atoms with Gasteiger partial charge in [0.2, 0.25) is 5.91 Å². The van der Waals surface area contributed by atoms with Crippen molar-refractivity contribution in [3.63, 3.8) is 0 Å². The molecule has 8 nitrogen and oxygen atoms in total. The Morgan fingerprint density at radius 3 is 2.86 bits per heavy atom. The van der Waals surface area contributed by atoms with Gasteiger partial charge in [0.25, 0.3) is 6.43 Å². The standard InChI is InChI=1S/C18H30F2N4O4/c19-15(20)18-23-16(24-28-18)10-1-2-11-13(8-27-14(11)6-10)22-17(26)12-5-9(7-25)3-4-21-12/h9-16,18,21,23-25H,1-8H2,(H,22,26)/t9?,10?,11?,12?,13-,14?,16?,18?/m1/s1. The van der Waals surface area contributed by atoms with Gasteiger partial charge in [-0.15, -0.1) is 0 Å². The van der Waals surface area contributed by atoms with Crippen LogP contribution in [0.15, 0.2) is 0 Å². The molecule has 0 aromatic heterocycles. The molecule has 5 N–H and O–H groups in total. The van der Waals surface area contributed by atoms with Gasteiger partial charge in [0, 0.05) is 12.5 Å². The van der Waals surface area contributed by atoms with Crippen LogP contribution in [0.5, 0.6) is 0 Å². The van der Waals surface area contributed by atoms with Crippen LogP contribution in [0.25, 0.3) is 0 Å². The Morgan fingerprint density at radius 1 is 1.25 bits per heavy atom. The van der Waals surface area contributed by atoms with Gasteiger partial charge in [0.05, 0.1) is 31.0 Å². The van der Waals surface area contributed by atoms with Gasteiger partial charge in [-0.3, -0.25) is 14.9 Å². The lowest BCUT2D eigenvalue weighted by molar-refractivity contribution is -0.125. The lowest BCUT2D eigenvalue weighted by Crippen LogP contribution is -2.54. The molecule has 8 atom stereocenters. The molecular weight excluding hydrogens is 374 g/mol. The van der Waals surface area contributed by atoms with Gasteiger partial charge >= 0.3 is 0 Å². The Morgan fingerprint density at radius 2 is 2.11 bits per heavy atom. The number of piperidine rings is 1. The summed E-state index contributed by atoms with van der Waals surface area (Å²) in [7, 11) is 0. The van der Waals surface area contributed by atoms with Crippen LogP contribution in [-0.4, -0.2) is 67.8 Å². The molecule has 0 aromatic carbocycles. The molecule has 3 heterocycles. The predicted molar refractivity (Wildman–Crippen MR) is 95.0 cm³/mol. The molecular formula is C18H30F2N4O4. The van der Waals surface area contributed by atoms with Crippen molar-refractivity contribution in [1.82, 2.24) is 21.4 Å².